The summed E-state index contributed by atoms with van der Waals surface area (Å²) in [6.07, 6.45) is 3.95. The van der Waals surface area contributed by atoms with E-state index in [0.29, 0.717) is 12.4 Å². The number of phenols is 1. The molecule has 1 aromatic carbocycles. The lowest BCUT2D eigenvalue weighted by atomic mass is 9.66. The van der Waals surface area contributed by atoms with Crippen molar-refractivity contribution in [2.75, 3.05) is 13.2 Å². The van der Waals surface area contributed by atoms with Crippen LogP contribution in [0.25, 0.3) is 0 Å². The van der Waals surface area contributed by atoms with Crippen LogP contribution >= 0.6 is 0 Å². The summed E-state index contributed by atoms with van der Waals surface area (Å²) in [5.74, 6) is 0.547. The second-order valence-electron chi connectivity index (χ2n) is 5.91. The number of para-hydroxylation sites is 1. The molecule has 3 heteroatoms. The molecule has 0 amide bonds. The molecule has 1 aromatic rings. The van der Waals surface area contributed by atoms with E-state index in [-0.39, 0.29) is 24.0 Å². The lowest BCUT2D eigenvalue weighted by Crippen LogP contribution is -2.43. The number of aliphatic hydroxyl groups excluding tert-OH is 1. The highest BCUT2D eigenvalue weighted by atomic mass is 16.5. The highest BCUT2D eigenvalue weighted by Crippen LogP contribution is 2.51. The maximum Gasteiger partial charge on any atom is 0.121 e. The second kappa shape index (κ2) is 4.66. The summed E-state index contributed by atoms with van der Waals surface area (Å²) in [7, 11) is 0. The van der Waals surface area contributed by atoms with Crippen LogP contribution in [-0.4, -0.2) is 23.4 Å². The van der Waals surface area contributed by atoms with Gasteiger partial charge in [0.2, 0.25) is 0 Å². The van der Waals surface area contributed by atoms with Crippen molar-refractivity contribution in [1.82, 2.24) is 0 Å². The maximum atomic E-state index is 10.0. The Bertz CT molecular complexity index is 508. The number of ether oxygens (including phenoxy) is 1. The van der Waals surface area contributed by atoms with Gasteiger partial charge in [0.1, 0.15) is 5.75 Å². The smallest absolute Gasteiger partial charge is 0.121 e. The van der Waals surface area contributed by atoms with Gasteiger partial charge >= 0.3 is 0 Å². The van der Waals surface area contributed by atoms with Crippen LogP contribution in [0.1, 0.15) is 31.4 Å². The average Bonchev–Trinajstić information content (AvgIpc) is 2.45. The summed E-state index contributed by atoms with van der Waals surface area (Å²) in [6.45, 7) is 2.84. The van der Waals surface area contributed by atoms with Gasteiger partial charge in [0.05, 0.1) is 19.3 Å². The van der Waals surface area contributed by atoms with Crippen LogP contribution in [-0.2, 0) is 4.74 Å². The Balaban J connectivity index is 1.96. The standard InChI is InChI=1S/C16H20O3/c1-11-6-7-16(9-17)8-13(11)15(19-10-16)12-4-2-3-5-14(12)18/h2-6,13,15,17-18H,7-10H2,1H3/t13-,15-,16+/m0/s1. The molecule has 1 aliphatic carbocycles. The minimum atomic E-state index is -0.120. The molecule has 3 rings (SSSR count). The van der Waals surface area contributed by atoms with Crippen molar-refractivity contribution in [1.29, 1.82) is 0 Å². The van der Waals surface area contributed by atoms with E-state index in [2.05, 4.69) is 13.0 Å². The van der Waals surface area contributed by atoms with Gasteiger partial charge in [-0.25, -0.2) is 0 Å². The van der Waals surface area contributed by atoms with Crippen LogP contribution < -0.4 is 0 Å². The van der Waals surface area contributed by atoms with Crippen LogP contribution in [0.3, 0.4) is 0 Å². The summed E-state index contributed by atoms with van der Waals surface area (Å²) in [5, 5.41) is 19.7. The highest BCUT2D eigenvalue weighted by Gasteiger charge is 2.45. The first-order valence-electron chi connectivity index (χ1n) is 6.82. The normalized spacial score (nSPS) is 33.9. The fraction of sp³-hybridized carbons (Fsp3) is 0.500. The third-order valence-electron chi connectivity index (χ3n) is 4.61. The van der Waals surface area contributed by atoms with Crippen LogP contribution in [0.15, 0.2) is 35.9 Å². The van der Waals surface area contributed by atoms with Crippen molar-refractivity contribution in [3.63, 3.8) is 0 Å². The predicted octanol–water partition coefficient (Wildman–Crippen LogP) is 2.80. The molecule has 19 heavy (non-hydrogen) atoms. The third kappa shape index (κ3) is 2.07. The molecule has 1 aliphatic heterocycles. The zero-order chi connectivity index (χ0) is 13.5. The number of benzene rings is 1. The van der Waals surface area contributed by atoms with E-state index >= 15 is 0 Å². The number of phenolic OH excluding ortho intramolecular Hbond substituents is 1. The Kier molecular flexibility index (Phi) is 3.11. The van der Waals surface area contributed by atoms with Crippen LogP contribution in [0.4, 0.5) is 0 Å². The van der Waals surface area contributed by atoms with Crippen molar-refractivity contribution >= 4 is 0 Å². The largest absolute Gasteiger partial charge is 0.508 e. The average molecular weight is 260 g/mol. The number of rotatable bonds is 2. The first kappa shape index (κ1) is 12.7. The van der Waals surface area contributed by atoms with Gasteiger partial charge in [-0.3, -0.25) is 0 Å². The van der Waals surface area contributed by atoms with E-state index < -0.39 is 0 Å². The topological polar surface area (TPSA) is 49.7 Å². The molecule has 1 saturated heterocycles. The number of hydrogen-bond donors (Lipinski definition) is 2. The minimum Gasteiger partial charge on any atom is -0.508 e. The predicted molar refractivity (Wildman–Crippen MR) is 72.8 cm³/mol. The quantitative estimate of drug-likeness (QED) is 0.804. The summed E-state index contributed by atoms with van der Waals surface area (Å²) < 4.78 is 6.02. The summed E-state index contributed by atoms with van der Waals surface area (Å²) >= 11 is 0. The molecule has 3 nitrogen and oxygen atoms in total. The molecule has 102 valence electrons. The lowest BCUT2D eigenvalue weighted by Gasteiger charge is -2.47. The number of aliphatic hydroxyl groups is 1. The molecule has 2 bridgehead atoms. The van der Waals surface area contributed by atoms with Crippen LogP contribution in [0.5, 0.6) is 5.75 Å². The molecule has 0 saturated carbocycles. The van der Waals surface area contributed by atoms with Gasteiger partial charge in [0.15, 0.2) is 0 Å². The molecule has 0 aromatic heterocycles. The number of fused-ring (bicyclic) bond motifs is 2. The zero-order valence-corrected chi connectivity index (χ0v) is 11.2. The van der Waals surface area contributed by atoms with Gasteiger partial charge in [-0.05, 0) is 25.8 Å². The van der Waals surface area contributed by atoms with E-state index in [9.17, 15) is 10.2 Å². The van der Waals surface area contributed by atoms with Crippen LogP contribution in [0, 0.1) is 11.3 Å². The Morgan fingerprint density at radius 3 is 2.89 bits per heavy atom. The van der Waals surface area contributed by atoms with Crippen molar-refractivity contribution in [3.05, 3.63) is 41.5 Å². The molecule has 0 unspecified atom stereocenters. The van der Waals surface area contributed by atoms with Gasteiger partial charge in [0, 0.05) is 16.9 Å². The van der Waals surface area contributed by atoms with Gasteiger partial charge < -0.3 is 14.9 Å². The van der Waals surface area contributed by atoms with E-state index in [4.69, 9.17) is 4.74 Å². The SMILES string of the molecule is CC1=CC[C@@]2(CO)CO[C@@H](c3ccccc3O)[C@H]1C2. The first-order valence-corrected chi connectivity index (χ1v) is 6.82. The fourth-order valence-corrected chi connectivity index (χ4v) is 3.30. The highest BCUT2D eigenvalue weighted by molar-refractivity contribution is 5.36. The Labute approximate surface area is 113 Å². The molecular weight excluding hydrogens is 240 g/mol. The monoisotopic (exact) mass is 260 g/mol. The summed E-state index contributed by atoms with van der Waals surface area (Å²) in [4.78, 5) is 0. The molecule has 1 fully saturated rings. The molecule has 1 heterocycles. The number of hydrogen-bond acceptors (Lipinski definition) is 3. The van der Waals surface area contributed by atoms with E-state index in [1.54, 1.807) is 6.07 Å². The van der Waals surface area contributed by atoms with Crippen molar-refractivity contribution < 1.29 is 14.9 Å². The molecular formula is C16H20O3. The van der Waals surface area contributed by atoms with E-state index in [1.165, 1.54) is 5.57 Å². The Morgan fingerprint density at radius 2 is 2.16 bits per heavy atom. The van der Waals surface area contributed by atoms with Gasteiger partial charge in [0.25, 0.3) is 0 Å². The lowest BCUT2D eigenvalue weighted by molar-refractivity contribution is -0.114. The number of allylic oxidation sites excluding steroid dienone is 1. The number of aromatic hydroxyl groups is 1. The minimum absolute atomic E-state index is 0.0996. The Morgan fingerprint density at radius 1 is 1.37 bits per heavy atom. The molecule has 3 atom stereocenters. The molecule has 2 N–H and O–H groups in total. The third-order valence-corrected chi connectivity index (χ3v) is 4.61. The zero-order valence-electron chi connectivity index (χ0n) is 11.2. The maximum absolute atomic E-state index is 10.0. The summed E-state index contributed by atoms with van der Waals surface area (Å²) in [6, 6.07) is 7.37. The van der Waals surface area contributed by atoms with Crippen molar-refractivity contribution in [2.24, 2.45) is 11.3 Å². The van der Waals surface area contributed by atoms with Gasteiger partial charge in [-0.1, -0.05) is 29.8 Å². The van der Waals surface area contributed by atoms with E-state index in [0.717, 1.165) is 18.4 Å². The second-order valence-corrected chi connectivity index (χ2v) is 5.91. The van der Waals surface area contributed by atoms with Gasteiger partial charge in [-0.2, -0.15) is 0 Å². The fourth-order valence-electron chi connectivity index (χ4n) is 3.30. The first-order chi connectivity index (χ1) is 9.15. The van der Waals surface area contributed by atoms with Gasteiger partial charge in [-0.15, -0.1) is 0 Å². The molecule has 2 aliphatic rings. The van der Waals surface area contributed by atoms with Crippen molar-refractivity contribution in [3.8, 4) is 5.75 Å². The Hall–Kier alpha value is -1.32. The van der Waals surface area contributed by atoms with Crippen LogP contribution in [0.2, 0.25) is 0 Å². The molecule has 0 spiro atoms. The summed E-state index contributed by atoms with van der Waals surface area (Å²) in [5.41, 5.74) is 2.04. The van der Waals surface area contributed by atoms with Crippen molar-refractivity contribution in [2.45, 2.75) is 25.9 Å². The van der Waals surface area contributed by atoms with E-state index in [1.807, 2.05) is 18.2 Å². The molecule has 0 radical (unpaired) electrons.